The lowest BCUT2D eigenvalue weighted by molar-refractivity contribution is -0.0240. The number of aromatic hydroxyl groups is 1. The standard InChI is InChI=1S/C37H39F2N5O4/c1-2-26-29(38)8-7-23-18-25(45)19-27(31(23)26)33-32(39)34-28(20-40-33)35(43-12-5-15-46-17-14-43)42-36(41-34)48-22-37-10-3-6-30(37)44(13-4-11-37)24-9-16-47-21-24/h1,7-8,18-20,24,30,45H,3-6,9-17,21-22H2. The van der Waals surface area contributed by atoms with E-state index in [-0.39, 0.29) is 44.9 Å². The predicted molar refractivity (Wildman–Crippen MR) is 178 cm³/mol. The predicted octanol–water partition coefficient (Wildman–Crippen LogP) is 5.84. The Morgan fingerprint density at radius 1 is 1.02 bits per heavy atom. The highest BCUT2D eigenvalue weighted by atomic mass is 19.1. The number of phenols is 1. The minimum Gasteiger partial charge on any atom is -0.508 e. The van der Waals surface area contributed by atoms with Gasteiger partial charge in [0.1, 0.15) is 28.6 Å². The van der Waals surface area contributed by atoms with Gasteiger partial charge in [0.2, 0.25) is 0 Å². The number of hydrogen-bond acceptors (Lipinski definition) is 9. The first-order chi connectivity index (χ1) is 23.5. The average Bonchev–Trinajstić information content (AvgIpc) is 3.72. The molecule has 0 spiro atoms. The number of anilines is 1. The van der Waals surface area contributed by atoms with E-state index in [0.717, 1.165) is 64.7 Å². The zero-order chi connectivity index (χ0) is 32.8. The number of benzene rings is 2. The van der Waals surface area contributed by atoms with Crippen LogP contribution in [0.3, 0.4) is 0 Å². The molecule has 48 heavy (non-hydrogen) atoms. The van der Waals surface area contributed by atoms with Gasteiger partial charge in [-0.3, -0.25) is 9.88 Å². The number of piperidine rings is 1. The third-order valence-electron chi connectivity index (χ3n) is 10.8. The Balaban J connectivity index is 1.22. The van der Waals surface area contributed by atoms with E-state index < -0.39 is 11.6 Å². The van der Waals surface area contributed by atoms with Crippen molar-refractivity contribution in [1.29, 1.82) is 0 Å². The van der Waals surface area contributed by atoms with Crippen molar-refractivity contribution in [2.45, 2.75) is 57.0 Å². The molecule has 2 aromatic carbocycles. The van der Waals surface area contributed by atoms with Gasteiger partial charge >= 0.3 is 6.01 Å². The number of aromatic nitrogens is 3. The van der Waals surface area contributed by atoms with Crippen LogP contribution in [-0.2, 0) is 9.47 Å². The Morgan fingerprint density at radius 2 is 1.92 bits per heavy atom. The van der Waals surface area contributed by atoms with Crippen molar-refractivity contribution >= 4 is 27.5 Å². The van der Waals surface area contributed by atoms with Crippen LogP contribution < -0.4 is 9.64 Å². The van der Waals surface area contributed by atoms with E-state index in [2.05, 4.69) is 25.7 Å². The first kappa shape index (κ1) is 31.2. The fraction of sp³-hybridized carbons (Fsp3) is 0.486. The smallest absolute Gasteiger partial charge is 0.319 e. The van der Waals surface area contributed by atoms with Crippen molar-refractivity contribution in [3.05, 3.63) is 47.7 Å². The number of halogens is 2. The fourth-order valence-corrected chi connectivity index (χ4v) is 8.59. The molecular formula is C37H39F2N5O4. The number of hydrogen-bond donors (Lipinski definition) is 1. The molecule has 3 aliphatic heterocycles. The third kappa shape index (κ3) is 5.40. The van der Waals surface area contributed by atoms with Gasteiger partial charge in [-0.2, -0.15) is 9.97 Å². The number of terminal acetylenes is 1. The summed E-state index contributed by atoms with van der Waals surface area (Å²) in [6, 6.07) is 6.51. The molecule has 4 fully saturated rings. The molecule has 0 radical (unpaired) electrons. The molecule has 1 aliphatic carbocycles. The lowest BCUT2D eigenvalue weighted by Gasteiger charge is -2.48. The van der Waals surface area contributed by atoms with Gasteiger partial charge in [-0.15, -0.1) is 6.42 Å². The molecule has 3 atom stereocenters. The molecule has 11 heteroatoms. The van der Waals surface area contributed by atoms with Crippen LogP contribution in [0.4, 0.5) is 14.6 Å². The maximum atomic E-state index is 16.9. The Kier molecular flexibility index (Phi) is 8.27. The molecule has 4 aromatic rings. The molecule has 0 bridgehead atoms. The minimum atomic E-state index is -0.729. The minimum absolute atomic E-state index is 0.0307. The summed E-state index contributed by atoms with van der Waals surface area (Å²) in [6.07, 6.45) is 14.6. The molecule has 3 unspecified atom stereocenters. The molecule has 2 aromatic heterocycles. The topological polar surface area (TPSA) is 93.1 Å². The molecule has 9 nitrogen and oxygen atoms in total. The molecule has 250 valence electrons. The second-order valence-electron chi connectivity index (χ2n) is 13.5. The lowest BCUT2D eigenvalue weighted by Crippen LogP contribution is -2.55. The fourth-order valence-electron chi connectivity index (χ4n) is 8.59. The van der Waals surface area contributed by atoms with Crippen LogP contribution in [0.25, 0.3) is 32.9 Å². The summed E-state index contributed by atoms with van der Waals surface area (Å²) in [5.74, 6) is 1.46. The normalized spacial score (nSPS) is 24.9. The van der Waals surface area contributed by atoms with Crippen molar-refractivity contribution in [1.82, 2.24) is 19.9 Å². The Hall–Kier alpha value is -4.11. The summed E-state index contributed by atoms with van der Waals surface area (Å²) in [5, 5.41) is 11.8. The highest BCUT2D eigenvalue weighted by molar-refractivity contribution is 6.03. The maximum absolute atomic E-state index is 16.9. The number of phenolic OH excluding ortho intramolecular Hbond substituents is 1. The monoisotopic (exact) mass is 655 g/mol. The summed E-state index contributed by atoms with van der Waals surface area (Å²) in [6.45, 7) is 5.49. The van der Waals surface area contributed by atoms with Crippen LogP contribution in [-0.4, -0.2) is 89.7 Å². The first-order valence-corrected chi connectivity index (χ1v) is 17.0. The Labute approximate surface area is 278 Å². The van der Waals surface area contributed by atoms with Gasteiger partial charge < -0.3 is 24.2 Å². The second-order valence-corrected chi connectivity index (χ2v) is 13.5. The Morgan fingerprint density at radius 3 is 2.77 bits per heavy atom. The van der Waals surface area contributed by atoms with Gasteiger partial charge in [-0.25, -0.2) is 8.78 Å². The molecule has 1 N–H and O–H groups in total. The number of nitrogens with zero attached hydrogens (tertiary/aromatic N) is 5. The van der Waals surface area contributed by atoms with E-state index in [1.54, 1.807) is 0 Å². The van der Waals surface area contributed by atoms with Crippen LogP contribution in [0, 0.1) is 29.4 Å². The van der Waals surface area contributed by atoms with Crippen LogP contribution in [0.1, 0.15) is 50.5 Å². The van der Waals surface area contributed by atoms with Crippen LogP contribution in [0.2, 0.25) is 0 Å². The van der Waals surface area contributed by atoms with Gasteiger partial charge in [0.25, 0.3) is 0 Å². The summed E-state index contributed by atoms with van der Waals surface area (Å²) in [4.78, 5) is 18.8. The highest BCUT2D eigenvalue weighted by Gasteiger charge is 2.50. The van der Waals surface area contributed by atoms with E-state index in [1.807, 2.05) is 0 Å². The number of pyridine rings is 1. The molecule has 3 saturated heterocycles. The van der Waals surface area contributed by atoms with Crippen LogP contribution in [0.15, 0.2) is 30.5 Å². The Bertz CT molecular complexity index is 1900. The number of fused-ring (bicyclic) bond motifs is 3. The summed E-state index contributed by atoms with van der Waals surface area (Å²) in [5.41, 5.74) is 0.0458. The second kappa shape index (κ2) is 12.7. The average molecular weight is 656 g/mol. The molecule has 5 heterocycles. The zero-order valence-corrected chi connectivity index (χ0v) is 26.9. The van der Waals surface area contributed by atoms with Crippen molar-refractivity contribution in [2.75, 3.05) is 57.6 Å². The van der Waals surface area contributed by atoms with Crippen LogP contribution in [0.5, 0.6) is 11.8 Å². The van der Waals surface area contributed by atoms with E-state index in [0.29, 0.717) is 61.6 Å². The molecule has 1 saturated carbocycles. The number of ether oxygens (including phenoxy) is 3. The molecule has 0 amide bonds. The SMILES string of the molecule is C#Cc1c(F)ccc2cc(O)cc(-c3ncc4c(N5CCCOCC5)nc(OCC56CCCC5N(C5CCOC5)CCC6)nc4c3F)c12. The highest BCUT2D eigenvalue weighted by Crippen LogP contribution is 2.49. The van der Waals surface area contributed by atoms with Crippen LogP contribution >= 0.6 is 0 Å². The zero-order valence-electron chi connectivity index (χ0n) is 26.9. The molecular weight excluding hydrogens is 616 g/mol. The van der Waals surface area contributed by atoms with Gasteiger partial charge in [-0.05, 0) is 68.7 Å². The van der Waals surface area contributed by atoms with E-state index in [1.165, 1.54) is 30.5 Å². The number of likely N-dealkylation sites (tertiary alicyclic amines) is 1. The molecule has 4 aliphatic rings. The summed E-state index contributed by atoms with van der Waals surface area (Å²) >= 11 is 0. The number of rotatable bonds is 6. The quantitative estimate of drug-likeness (QED) is 0.257. The van der Waals surface area contributed by atoms with Crippen molar-refractivity contribution in [3.63, 3.8) is 0 Å². The van der Waals surface area contributed by atoms with Gasteiger partial charge in [0, 0.05) is 60.9 Å². The summed E-state index contributed by atoms with van der Waals surface area (Å²) < 4.78 is 49.8. The van der Waals surface area contributed by atoms with Crippen molar-refractivity contribution in [2.24, 2.45) is 5.41 Å². The van der Waals surface area contributed by atoms with E-state index in [9.17, 15) is 9.50 Å². The molecule has 8 rings (SSSR count). The van der Waals surface area contributed by atoms with E-state index >= 15 is 4.39 Å². The first-order valence-electron chi connectivity index (χ1n) is 17.0. The third-order valence-corrected chi connectivity index (χ3v) is 10.8. The van der Waals surface area contributed by atoms with Gasteiger partial charge in [0.15, 0.2) is 5.82 Å². The lowest BCUT2D eigenvalue weighted by atomic mass is 9.75. The largest absolute Gasteiger partial charge is 0.508 e. The summed E-state index contributed by atoms with van der Waals surface area (Å²) in [7, 11) is 0. The van der Waals surface area contributed by atoms with Gasteiger partial charge in [-0.1, -0.05) is 18.4 Å². The van der Waals surface area contributed by atoms with E-state index in [4.69, 9.17) is 25.6 Å². The van der Waals surface area contributed by atoms with Crippen molar-refractivity contribution in [3.8, 4) is 35.4 Å². The van der Waals surface area contributed by atoms with Crippen molar-refractivity contribution < 1.29 is 28.1 Å². The maximum Gasteiger partial charge on any atom is 0.319 e. The van der Waals surface area contributed by atoms with Gasteiger partial charge in [0.05, 0.1) is 30.8 Å².